The number of aliphatic hydroxyl groups is 1. The van der Waals surface area contributed by atoms with E-state index < -0.39 is 5.54 Å². The van der Waals surface area contributed by atoms with Gasteiger partial charge in [0, 0.05) is 28.9 Å². The average molecular weight is 413 g/mol. The van der Waals surface area contributed by atoms with E-state index in [0.717, 1.165) is 5.56 Å². The molecule has 0 aliphatic rings. The molecule has 0 saturated carbocycles. The fourth-order valence-corrected chi connectivity index (χ4v) is 3.31. The van der Waals surface area contributed by atoms with E-state index in [9.17, 15) is 9.90 Å². The summed E-state index contributed by atoms with van der Waals surface area (Å²) in [7, 11) is 0. The van der Waals surface area contributed by atoms with Crippen molar-refractivity contribution in [3.05, 3.63) is 79.3 Å². The molecule has 1 aromatic carbocycles. The van der Waals surface area contributed by atoms with Crippen LogP contribution in [0.2, 0.25) is 15.1 Å². The highest BCUT2D eigenvalue weighted by Gasteiger charge is 2.26. The number of rotatable bonds is 5. The minimum Gasteiger partial charge on any atom is -0.394 e. The second-order valence-electron chi connectivity index (χ2n) is 6.16. The Morgan fingerprint density at radius 1 is 1.12 bits per heavy atom. The zero-order chi connectivity index (χ0) is 18.9. The monoisotopic (exact) mass is 411 g/mol. The molecule has 0 aliphatic carbocycles. The first-order valence-corrected chi connectivity index (χ1v) is 8.94. The van der Waals surface area contributed by atoms with E-state index in [2.05, 4.69) is 10.3 Å². The van der Waals surface area contributed by atoms with Crippen LogP contribution < -0.4 is 10.9 Å². The summed E-state index contributed by atoms with van der Waals surface area (Å²) in [5.74, 6) is 0. The highest BCUT2D eigenvalue weighted by molar-refractivity contribution is 6.34. The maximum Gasteiger partial charge on any atom is 0.258 e. The molecule has 1 atom stereocenters. The number of halogens is 3. The minimum absolute atomic E-state index is 0.189. The highest BCUT2D eigenvalue weighted by Crippen LogP contribution is 2.27. The number of hydrogen-bond donors (Lipinski definition) is 2. The summed E-state index contributed by atoms with van der Waals surface area (Å²) in [6.07, 6.45) is 1.52. The molecule has 5 nitrogen and oxygen atoms in total. The number of nitrogens with one attached hydrogen (secondary N) is 1. The van der Waals surface area contributed by atoms with Gasteiger partial charge < -0.3 is 10.4 Å². The standard InChI is InChI=1S/C18H16Cl3N3O2/c1-18(10-25,11-4-13(20)6-14(21)5-11)22-8-15-7-17(26)24-9-12(19)2-3-16(24)23-15/h2-7,9,22,25H,8,10H2,1H3. The Morgan fingerprint density at radius 2 is 1.81 bits per heavy atom. The molecule has 8 heteroatoms. The summed E-state index contributed by atoms with van der Waals surface area (Å²) in [6.45, 7) is 1.91. The van der Waals surface area contributed by atoms with Crippen LogP contribution in [0.3, 0.4) is 0 Å². The first-order chi connectivity index (χ1) is 12.3. The molecule has 2 aromatic heterocycles. The van der Waals surface area contributed by atoms with Crippen molar-refractivity contribution in [1.82, 2.24) is 14.7 Å². The Labute approximate surface area is 165 Å². The van der Waals surface area contributed by atoms with Crippen LogP contribution in [0, 0.1) is 0 Å². The number of pyridine rings is 1. The summed E-state index contributed by atoms with van der Waals surface area (Å²) in [5.41, 5.74) is 0.745. The van der Waals surface area contributed by atoms with Crippen LogP contribution in [-0.4, -0.2) is 21.1 Å². The maximum atomic E-state index is 12.3. The molecular weight excluding hydrogens is 397 g/mol. The number of hydrogen-bond acceptors (Lipinski definition) is 4. The van der Waals surface area contributed by atoms with Crippen molar-refractivity contribution in [2.45, 2.75) is 19.0 Å². The molecule has 2 N–H and O–H groups in total. The van der Waals surface area contributed by atoms with Gasteiger partial charge in [0.25, 0.3) is 5.56 Å². The van der Waals surface area contributed by atoms with Gasteiger partial charge in [-0.3, -0.25) is 9.20 Å². The first kappa shape index (κ1) is 19.1. The number of aliphatic hydroxyl groups excluding tert-OH is 1. The molecule has 3 aromatic rings. The molecular formula is C18H16Cl3N3O2. The van der Waals surface area contributed by atoms with Crippen molar-refractivity contribution in [3.8, 4) is 0 Å². The summed E-state index contributed by atoms with van der Waals surface area (Å²) in [6, 6.07) is 9.88. The van der Waals surface area contributed by atoms with Crippen LogP contribution in [0.1, 0.15) is 18.2 Å². The van der Waals surface area contributed by atoms with E-state index in [-0.39, 0.29) is 18.7 Å². The zero-order valence-electron chi connectivity index (χ0n) is 13.8. The van der Waals surface area contributed by atoms with Crippen LogP contribution >= 0.6 is 34.8 Å². The predicted molar refractivity (Wildman–Crippen MR) is 104 cm³/mol. The summed E-state index contributed by atoms with van der Waals surface area (Å²) in [4.78, 5) is 16.7. The van der Waals surface area contributed by atoms with Gasteiger partial charge in [0.1, 0.15) is 5.65 Å². The third kappa shape index (κ3) is 4.03. The lowest BCUT2D eigenvalue weighted by atomic mass is 9.92. The van der Waals surface area contributed by atoms with Crippen LogP contribution in [0.25, 0.3) is 5.65 Å². The Kier molecular flexibility index (Phi) is 5.55. The lowest BCUT2D eigenvalue weighted by Gasteiger charge is -2.30. The molecule has 0 fully saturated rings. The summed E-state index contributed by atoms with van der Waals surface area (Å²) < 4.78 is 1.38. The van der Waals surface area contributed by atoms with Crippen molar-refractivity contribution in [2.75, 3.05) is 6.61 Å². The molecule has 0 bridgehead atoms. The third-order valence-electron chi connectivity index (χ3n) is 4.15. The van der Waals surface area contributed by atoms with Gasteiger partial charge >= 0.3 is 0 Å². The van der Waals surface area contributed by atoms with Crippen LogP contribution in [0.5, 0.6) is 0 Å². The lowest BCUT2D eigenvalue weighted by molar-refractivity contribution is 0.173. The number of fused-ring (bicyclic) bond motifs is 1. The zero-order valence-corrected chi connectivity index (χ0v) is 16.1. The van der Waals surface area contributed by atoms with Crippen LogP contribution in [0.4, 0.5) is 0 Å². The van der Waals surface area contributed by atoms with Gasteiger partial charge in [0.05, 0.1) is 22.9 Å². The van der Waals surface area contributed by atoms with E-state index >= 15 is 0 Å². The minimum atomic E-state index is -0.804. The van der Waals surface area contributed by atoms with Gasteiger partial charge in [-0.25, -0.2) is 4.98 Å². The van der Waals surface area contributed by atoms with Crippen molar-refractivity contribution >= 4 is 40.4 Å². The molecule has 26 heavy (non-hydrogen) atoms. The normalized spacial score (nSPS) is 13.7. The van der Waals surface area contributed by atoms with Gasteiger partial charge in [-0.1, -0.05) is 34.8 Å². The second kappa shape index (κ2) is 7.55. The number of benzene rings is 1. The van der Waals surface area contributed by atoms with Crippen molar-refractivity contribution in [1.29, 1.82) is 0 Å². The molecule has 136 valence electrons. The number of aromatic nitrogens is 2. The van der Waals surface area contributed by atoms with E-state index in [0.29, 0.717) is 26.4 Å². The fourth-order valence-electron chi connectivity index (χ4n) is 2.62. The largest absolute Gasteiger partial charge is 0.394 e. The topological polar surface area (TPSA) is 66.6 Å². The molecule has 1 unspecified atom stereocenters. The first-order valence-electron chi connectivity index (χ1n) is 7.81. The SMILES string of the molecule is CC(CO)(NCc1cc(=O)n2cc(Cl)ccc2n1)c1cc(Cl)cc(Cl)c1. The molecule has 0 amide bonds. The smallest absolute Gasteiger partial charge is 0.258 e. The lowest BCUT2D eigenvalue weighted by Crippen LogP contribution is -2.42. The Morgan fingerprint density at radius 3 is 2.46 bits per heavy atom. The van der Waals surface area contributed by atoms with Gasteiger partial charge in [0.2, 0.25) is 0 Å². The van der Waals surface area contributed by atoms with Crippen LogP contribution in [-0.2, 0) is 12.1 Å². The summed E-state index contributed by atoms with van der Waals surface area (Å²) in [5, 5.41) is 14.6. The van der Waals surface area contributed by atoms with Gasteiger partial charge in [0.15, 0.2) is 0 Å². The van der Waals surface area contributed by atoms with Gasteiger partial charge in [-0.05, 0) is 42.8 Å². The molecule has 0 saturated heterocycles. The van der Waals surface area contributed by atoms with Crippen molar-refractivity contribution in [3.63, 3.8) is 0 Å². The average Bonchev–Trinajstić information content (AvgIpc) is 2.59. The van der Waals surface area contributed by atoms with E-state index in [4.69, 9.17) is 34.8 Å². The molecule has 0 radical (unpaired) electrons. The maximum absolute atomic E-state index is 12.3. The van der Waals surface area contributed by atoms with Crippen LogP contribution in [0.15, 0.2) is 47.4 Å². The van der Waals surface area contributed by atoms with E-state index in [1.807, 2.05) is 6.92 Å². The van der Waals surface area contributed by atoms with E-state index in [1.165, 1.54) is 16.7 Å². The Hall–Kier alpha value is -1.63. The van der Waals surface area contributed by atoms with Gasteiger partial charge in [-0.2, -0.15) is 0 Å². The molecule has 0 aliphatic heterocycles. The van der Waals surface area contributed by atoms with Crippen molar-refractivity contribution in [2.24, 2.45) is 0 Å². The Bertz CT molecular complexity index is 1000. The fraction of sp³-hybridized carbons (Fsp3) is 0.222. The van der Waals surface area contributed by atoms with Crippen molar-refractivity contribution < 1.29 is 5.11 Å². The molecule has 3 rings (SSSR count). The number of nitrogens with zero attached hydrogens (tertiary/aromatic N) is 2. The predicted octanol–water partition coefficient (Wildman–Crippen LogP) is 3.65. The second-order valence-corrected chi connectivity index (χ2v) is 7.47. The summed E-state index contributed by atoms with van der Waals surface area (Å²) >= 11 is 18.1. The molecule has 2 heterocycles. The molecule has 0 spiro atoms. The highest BCUT2D eigenvalue weighted by atomic mass is 35.5. The van der Waals surface area contributed by atoms with Gasteiger partial charge in [-0.15, -0.1) is 0 Å². The van der Waals surface area contributed by atoms with E-state index in [1.54, 1.807) is 30.3 Å². The Balaban J connectivity index is 1.89. The quantitative estimate of drug-likeness (QED) is 0.671. The third-order valence-corrected chi connectivity index (χ3v) is 4.81.